The van der Waals surface area contributed by atoms with Crippen molar-refractivity contribution < 1.29 is 29.3 Å². The Morgan fingerprint density at radius 1 is 1.14 bits per heavy atom. The van der Waals surface area contributed by atoms with Crippen LogP contribution in [0, 0.1) is 10.8 Å². The summed E-state index contributed by atoms with van der Waals surface area (Å²) in [6.45, 7) is 5.01. The number of aliphatic hydroxyl groups is 2. The van der Waals surface area contributed by atoms with Gasteiger partial charge in [0.15, 0.2) is 0 Å². The maximum atomic E-state index is 12.1. The number of rotatable bonds is 1. The Kier molecular flexibility index (Phi) is 2.80. The average molecular weight is 298 g/mol. The highest BCUT2D eigenvalue weighted by Crippen LogP contribution is 2.68. The summed E-state index contributed by atoms with van der Waals surface area (Å²) in [4.78, 5) is 24.0. The van der Waals surface area contributed by atoms with E-state index in [-0.39, 0.29) is 19.4 Å². The zero-order valence-corrected chi connectivity index (χ0v) is 12.6. The molecule has 2 aliphatic heterocycles. The van der Waals surface area contributed by atoms with E-state index in [2.05, 4.69) is 0 Å². The van der Waals surface area contributed by atoms with Gasteiger partial charge in [-0.3, -0.25) is 9.59 Å². The summed E-state index contributed by atoms with van der Waals surface area (Å²) >= 11 is 0. The van der Waals surface area contributed by atoms with Gasteiger partial charge in [0, 0.05) is 0 Å². The third-order valence-electron chi connectivity index (χ3n) is 6.40. The number of esters is 2. The van der Waals surface area contributed by atoms with Crippen LogP contribution >= 0.6 is 0 Å². The fourth-order valence-electron chi connectivity index (χ4n) is 4.69. The van der Waals surface area contributed by atoms with Crippen molar-refractivity contribution in [1.82, 2.24) is 0 Å². The first kappa shape index (κ1) is 14.8. The van der Waals surface area contributed by atoms with E-state index in [4.69, 9.17) is 9.47 Å². The van der Waals surface area contributed by atoms with Crippen molar-refractivity contribution in [3.8, 4) is 0 Å². The molecule has 2 N–H and O–H groups in total. The minimum absolute atomic E-state index is 0.0165. The molecule has 0 amide bonds. The zero-order chi connectivity index (χ0) is 15.7. The van der Waals surface area contributed by atoms with Crippen molar-refractivity contribution in [2.75, 3.05) is 6.61 Å². The highest BCUT2D eigenvalue weighted by molar-refractivity contribution is 5.79. The van der Waals surface area contributed by atoms with Crippen LogP contribution in [0.4, 0.5) is 0 Å². The van der Waals surface area contributed by atoms with E-state index in [1.165, 1.54) is 0 Å². The first-order chi connectivity index (χ1) is 9.60. The fraction of sp³-hybridized carbons (Fsp3) is 0.867. The lowest BCUT2D eigenvalue weighted by atomic mass is 9.55. The topological polar surface area (TPSA) is 93.1 Å². The Morgan fingerprint density at radius 3 is 2.38 bits per heavy atom. The maximum Gasteiger partial charge on any atom is 0.307 e. The second-order valence-electron chi connectivity index (χ2n) is 7.25. The normalized spacial score (nSPS) is 50.7. The first-order valence-corrected chi connectivity index (χ1v) is 7.38. The minimum atomic E-state index is -1.39. The Hall–Kier alpha value is -1.14. The van der Waals surface area contributed by atoms with E-state index < -0.39 is 40.1 Å². The number of carbonyl (C=O) groups excluding carboxylic acids is 2. The summed E-state index contributed by atoms with van der Waals surface area (Å²) in [5, 5.41) is 21.8. The van der Waals surface area contributed by atoms with E-state index in [0.29, 0.717) is 12.8 Å². The number of hydrogen-bond donors (Lipinski definition) is 2. The number of ether oxygens (including phenoxy) is 2. The molecule has 0 aromatic rings. The third-order valence-corrected chi connectivity index (χ3v) is 6.40. The summed E-state index contributed by atoms with van der Waals surface area (Å²) in [6, 6.07) is 0. The molecule has 3 aliphatic rings. The van der Waals surface area contributed by atoms with Crippen molar-refractivity contribution >= 4 is 11.9 Å². The largest absolute Gasteiger partial charge is 0.465 e. The SMILES string of the molecule is C[C@H](O)[C@]1(C)COC(=O)C[C@]23CC(=O)O[C@@]2(C)CC[C@@]31O. The Labute approximate surface area is 123 Å². The molecule has 1 spiro atoms. The Balaban J connectivity index is 2.22. The molecule has 3 fully saturated rings. The summed E-state index contributed by atoms with van der Waals surface area (Å²) in [5.74, 6) is -0.859. The smallest absolute Gasteiger partial charge is 0.307 e. The number of cyclic esters (lactones) is 1. The van der Waals surface area contributed by atoms with Crippen LogP contribution in [0.1, 0.15) is 46.5 Å². The van der Waals surface area contributed by atoms with Crippen molar-refractivity contribution in [1.29, 1.82) is 0 Å². The molecule has 0 unspecified atom stereocenters. The molecule has 2 saturated heterocycles. The van der Waals surface area contributed by atoms with Crippen LogP contribution in [0.5, 0.6) is 0 Å². The zero-order valence-electron chi connectivity index (χ0n) is 12.6. The molecule has 2 heterocycles. The van der Waals surface area contributed by atoms with E-state index in [1.807, 2.05) is 0 Å². The van der Waals surface area contributed by atoms with Crippen LogP contribution in [0.3, 0.4) is 0 Å². The van der Waals surface area contributed by atoms with Crippen LogP contribution in [0.2, 0.25) is 0 Å². The molecule has 21 heavy (non-hydrogen) atoms. The lowest BCUT2D eigenvalue weighted by molar-refractivity contribution is -0.203. The van der Waals surface area contributed by atoms with Crippen LogP contribution in [-0.4, -0.2) is 46.1 Å². The van der Waals surface area contributed by atoms with Gasteiger partial charge in [0.2, 0.25) is 0 Å². The molecular weight excluding hydrogens is 276 g/mol. The highest BCUT2D eigenvalue weighted by atomic mass is 16.6. The minimum Gasteiger partial charge on any atom is -0.465 e. The van der Waals surface area contributed by atoms with E-state index in [9.17, 15) is 19.8 Å². The van der Waals surface area contributed by atoms with Gasteiger partial charge in [0.1, 0.15) is 12.2 Å². The van der Waals surface area contributed by atoms with Gasteiger partial charge in [-0.25, -0.2) is 0 Å². The van der Waals surface area contributed by atoms with Crippen molar-refractivity contribution in [3.63, 3.8) is 0 Å². The van der Waals surface area contributed by atoms with Crippen molar-refractivity contribution in [2.45, 2.75) is 63.8 Å². The molecule has 3 rings (SSSR count). The molecule has 1 aliphatic carbocycles. The van der Waals surface area contributed by atoms with E-state index in [0.717, 1.165) is 0 Å². The number of hydrogen-bond acceptors (Lipinski definition) is 6. The predicted molar refractivity (Wildman–Crippen MR) is 71.1 cm³/mol. The monoisotopic (exact) mass is 298 g/mol. The van der Waals surface area contributed by atoms with Gasteiger partial charge in [-0.2, -0.15) is 0 Å². The predicted octanol–water partition coefficient (Wildman–Crippen LogP) is 0.537. The molecule has 5 atom stereocenters. The fourth-order valence-corrected chi connectivity index (χ4v) is 4.69. The molecule has 1 saturated carbocycles. The Morgan fingerprint density at radius 2 is 1.76 bits per heavy atom. The standard InChI is InChI=1S/C15H22O6/c1-9(16)12(2)8-20-10(17)6-14-7-11(18)21-13(14,3)4-5-15(12,14)19/h9,16,19H,4-8H2,1-3H3/t9-,12-,13-,14-,15-/m0/s1. The third kappa shape index (κ3) is 1.50. The first-order valence-electron chi connectivity index (χ1n) is 7.38. The highest BCUT2D eigenvalue weighted by Gasteiger charge is 2.78. The molecule has 0 bridgehead atoms. The Bertz CT molecular complexity index is 516. The van der Waals surface area contributed by atoms with Gasteiger partial charge in [0.05, 0.1) is 35.4 Å². The average Bonchev–Trinajstić information content (AvgIpc) is 2.71. The van der Waals surface area contributed by atoms with Gasteiger partial charge in [-0.1, -0.05) is 6.92 Å². The lowest BCUT2D eigenvalue weighted by Crippen LogP contribution is -2.63. The van der Waals surface area contributed by atoms with Crippen LogP contribution < -0.4 is 0 Å². The van der Waals surface area contributed by atoms with Gasteiger partial charge in [-0.15, -0.1) is 0 Å². The summed E-state index contributed by atoms with van der Waals surface area (Å²) < 4.78 is 10.7. The van der Waals surface area contributed by atoms with Gasteiger partial charge >= 0.3 is 11.9 Å². The number of aliphatic hydroxyl groups excluding tert-OH is 1. The van der Waals surface area contributed by atoms with Gasteiger partial charge in [-0.05, 0) is 26.7 Å². The number of carbonyl (C=O) groups is 2. The summed E-state index contributed by atoms with van der Waals surface area (Å²) in [7, 11) is 0. The quantitative estimate of drug-likeness (QED) is 0.686. The second-order valence-corrected chi connectivity index (χ2v) is 7.25. The van der Waals surface area contributed by atoms with E-state index >= 15 is 0 Å². The van der Waals surface area contributed by atoms with Gasteiger partial charge < -0.3 is 19.7 Å². The molecular formula is C15H22O6. The molecule has 0 aromatic carbocycles. The van der Waals surface area contributed by atoms with Crippen LogP contribution in [0.25, 0.3) is 0 Å². The summed E-state index contributed by atoms with van der Waals surface area (Å²) in [6.07, 6.45) is -0.117. The van der Waals surface area contributed by atoms with Gasteiger partial charge in [0.25, 0.3) is 0 Å². The molecule has 0 aromatic heterocycles. The van der Waals surface area contributed by atoms with Crippen molar-refractivity contribution in [2.24, 2.45) is 10.8 Å². The lowest BCUT2D eigenvalue weighted by Gasteiger charge is -2.51. The molecule has 118 valence electrons. The van der Waals surface area contributed by atoms with E-state index in [1.54, 1.807) is 20.8 Å². The summed E-state index contributed by atoms with van der Waals surface area (Å²) in [5.41, 5.74) is -4.35. The molecule has 6 nitrogen and oxygen atoms in total. The van der Waals surface area contributed by atoms with Crippen LogP contribution in [0.15, 0.2) is 0 Å². The van der Waals surface area contributed by atoms with Crippen LogP contribution in [-0.2, 0) is 19.1 Å². The molecule has 0 radical (unpaired) electrons. The maximum absolute atomic E-state index is 12.1. The molecule has 6 heteroatoms. The second kappa shape index (κ2) is 3.98. The van der Waals surface area contributed by atoms with Crippen molar-refractivity contribution in [3.05, 3.63) is 0 Å².